The Hall–Kier alpha value is -2.16. The largest absolute Gasteiger partial charge is 0.383 e. The lowest BCUT2D eigenvalue weighted by molar-refractivity contribution is -0.131. The molecule has 9 nitrogen and oxygen atoms in total. The zero-order chi connectivity index (χ0) is 18.8. The molecule has 0 aliphatic carbocycles. The number of guanidine groups is 1. The van der Waals surface area contributed by atoms with Gasteiger partial charge in [0.15, 0.2) is 11.8 Å². The van der Waals surface area contributed by atoms with Crippen molar-refractivity contribution in [1.82, 2.24) is 29.9 Å². The lowest BCUT2D eigenvalue weighted by Gasteiger charge is -2.25. The minimum atomic E-state index is 0.0724. The summed E-state index contributed by atoms with van der Waals surface area (Å²) in [6, 6.07) is 0. The van der Waals surface area contributed by atoms with Crippen LogP contribution in [0, 0.1) is 6.92 Å². The first-order valence-electron chi connectivity index (χ1n) is 8.55. The van der Waals surface area contributed by atoms with Gasteiger partial charge in [0.25, 0.3) is 0 Å². The van der Waals surface area contributed by atoms with Crippen molar-refractivity contribution < 1.29 is 9.53 Å². The number of hydrogen-bond donors (Lipinski definition) is 1. The summed E-state index contributed by atoms with van der Waals surface area (Å²) in [6.45, 7) is 9.06. The molecule has 9 heteroatoms. The molecule has 1 amide bonds. The zero-order valence-corrected chi connectivity index (χ0v) is 16.2. The highest BCUT2D eigenvalue weighted by atomic mass is 16.5. The van der Waals surface area contributed by atoms with Crippen molar-refractivity contribution in [1.29, 1.82) is 0 Å². The van der Waals surface area contributed by atoms with Gasteiger partial charge in [0, 0.05) is 40.8 Å². The van der Waals surface area contributed by atoms with Gasteiger partial charge in [0.05, 0.1) is 13.2 Å². The Balaban J connectivity index is 2.81. The van der Waals surface area contributed by atoms with Gasteiger partial charge in [-0.1, -0.05) is 0 Å². The number of nitrogens with zero attached hydrogens (tertiary/aromatic N) is 6. The van der Waals surface area contributed by atoms with E-state index in [1.54, 1.807) is 12.0 Å². The molecule has 0 radical (unpaired) electrons. The number of amides is 1. The third kappa shape index (κ3) is 6.33. The van der Waals surface area contributed by atoms with Crippen LogP contribution >= 0.6 is 0 Å². The molecule has 0 saturated heterocycles. The molecule has 1 heterocycles. The second-order valence-electron chi connectivity index (χ2n) is 5.70. The van der Waals surface area contributed by atoms with Crippen LogP contribution in [0.25, 0.3) is 0 Å². The van der Waals surface area contributed by atoms with E-state index < -0.39 is 0 Å². The third-order valence-corrected chi connectivity index (χ3v) is 3.99. The number of rotatable bonds is 9. The second kappa shape index (κ2) is 10.7. The number of likely N-dealkylation sites (N-methyl/N-ethyl adjacent to an activating group) is 2. The standard InChI is InChI=1S/C16H31N7O2/c1-7-23(8-2)15(24)12-21(4)16(17-9-10-25-6)18-11-14-20-19-13(3)22(14)5/h7-12H2,1-6H3,(H,17,18). The van der Waals surface area contributed by atoms with Crippen LogP contribution in [0.1, 0.15) is 25.5 Å². The van der Waals surface area contributed by atoms with E-state index in [1.807, 2.05) is 44.3 Å². The summed E-state index contributed by atoms with van der Waals surface area (Å²) in [5, 5.41) is 11.4. The Labute approximate surface area is 150 Å². The number of aliphatic imine (C=N–C) groups is 1. The van der Waals surface area contributed by atoms with Gasteiger partial charge in [-0.3, -0.25) is 4.79 Å². The van der Waals surface area contributed by atoms with E-state index in [9.17, 15) is 4.79 Å². The highest BCUT2D eigenvalue weighted by molar-refractivity contribution is 5.86. The van der Waals surface area contributed by atoms with Crippen molar-refractivity contribution in [3.63, 3.8) is 0 Å². The minimum Gasteiger partial charge on any atom is -0.383 e. The molecule has 1 rings (SSSR count). The first kappa shape index (κ1) is 20.9. The van der Waals surface area contributed by atoms with Crippen LogP contribution in [0.4, 0.5) is 0 Å². The molecule has 142 valence electrons. The number of aryl methyl sites for hydroxylation is 1. The third-order valence-electron chi connectivity index (χ3n) is 3.99. The summed E-state index contributed by atoms with van der Waals surface area (Å²) in [5.74, 6) is 2.32. The highest BCUT2D eigenvalue weighted by Crippen LogP contribution is 2.01. The van der Waals surface area contributed by atoms with Gasteiger partial charge in [0.1, 0.15) is 12.4 Å². The SMILES string of the molecule is CCN(CC)C(=O)CN(C)C(=NCc1nnc(C)n1C)NCCOC. The molecule has 0 saturated carbocycles. The molecule has 0 unspecified atom stereocenters. The highest BCUT2D eigenvalue weighted by Gasteiger charge is 2.15. The van der Waals surface area contributed by atoms with Gasteiger partial charge in [-0.2, -0.15) is 0 Å². The molecule has 0 fully saturated rings. The number of carbonyl (C=O) groups is 1. The fourth-order valence-corrected chi connectivity index (χ4v) is 2.26. The molecule has 1 N–H and O–H groups in total. The fourth-order valence-electron chi connectivity index (χ4n) is 2.26. The van der Waals surface area contributed by atoms with Crippen molar-refractivity contribution in [2.75, 3.05) is 46.9 Å². The average Bonchev–Trinajstić information content (AvgIpc) is 2.90. The Morgan fingerprint density at radius 2 is 2.00 bits per heavy atom. The van der Waals surface area contributed by atoms with Crippen LogP contribution in [-0.4, -0.2) is 83.4 Å². The Morgan fingerprint density at radius 3 is 2.52 bits per heavy atom. The van der Waals surface area contributed by atoms with Crippen molar-refractivity contribution in [3.05, 3.63) is 11.6 Å². The lowest BCUT2D eigenvalue weighted by Crippen LogP contribution is -2.46. The van der Waals surface area contributed by atoms with Gasteiger partial charge in [0.2, 0.25) is 5.91 Å². The monoisotopic (exact) mass is 353 g/mol. The predicted octanol–water partition coefficient (Wildman–Crippen LogP) is 0.0157. The molecular weight excluding hydrogens is 322 g/mol. The summed E-state index contributed by atoms with van der Waals surface area (Å²) in [5.41, 5.74) is 0. The molecular formula is C16H31N7O2. The first-order chi connectivity index (χ1) is 11.9. The minimum absolute atomic E-state index is 0.0724. The molecule has 0 aliphatic heterocycles. The van der Waals surface area contributed by atoms with Crippen LogP contribution in [0.3, 0.4) is 0 Å². The van der Waals surface area contributed by atoms with Crippen LogP contribution < -0.4 is 5.32 Å². The van der Waals surface area contributed by atoms with Gasteiger partial charge >= 0.3 is 0 Å². The van der Waals surface area contributed by atoms with Gasteiger partial charge in [-0.25, -0.2) is 4.99 Å². The average molecular weight is 353 g/mol. The quantitative estimate of drug-likeness (QED) is 0.382. The smallest absolute Gasteiger partial charge is 0.242 e. The summed E-state index contributed by atoms with van der Waals surface area (Å²) in [7, 11) is 5.40. The van der Waals surface area contributed by atoms with E-state index in [1.165, 1.54) is 0 Å². The van der Waals surface area contributed by atoms with Crippen LogP contribution in [-0.2, 0) is 23.1 Å². The Morgan fingerprint density at radius 1 is 1.32 bits per heavy atom. The first-order valence-corrected chi connectivity index (χ1v) is 8.55. The molecule has 0 bridgehead atoms. The summed E-state index contributed by atoms with van der Waals surface area (Å²) < 4.78 is 6.97. The van der Waals surface area contributed by atoms with Crippen LogP contribution in [0.15, 0.2) is 4.99 Å². The molecule has 0 aliphatic rings. The van der Waals surface area contributed by atoms with E-state index >= 15 is 0 Å². The molecule has 1 aromatic heterocycles. The zero-order valence-electron chi connectivity index (χ0n) is 16.2. The number of nitrogens with one attached hydrogen (secondary N) is 1. The van der Waals surface area contributed by atoms with Crippen LogP contribution in [0.5, 0.6) is 0 Å². The lowest BCUT2D eigenvalue weighted by atomic mass is 10.4. The number of hydrogen-bond acceptors (Lipinski definition) is 5. The van der Waals surface area contributed by atoms with E-state index in [2.05, 4.69) is 20.5 Å². The van der Waals surface area contributed by atoms with E-state index in [0.717, 1.165) is 11.6 Å². The Bertz CT molecular complexity index is 567. The van der Waals surface area contributed by atoms with Crippen LogP contribution in [0.2, 0.25) is 0 Å². The van der Waals surface area contributed by atoms with Crippen molar-refractivity contribution in [2.45, 2.75) is 27.3 Å². The van der Waals surface area contributed by atoms with Gasteiger partial charge < -0.3 is 24.4 Å². The summed E-state index contributed by atoms with van der Waals surface area (Å²) in [4.78, 5) is 20.5. The maximum Gasteiger partial charge on any atom is 0.242 e. The number of carbonyl (C=O) groups excluding carboxylic acids is 1. The topological polar surface area (TPSA) is 87.9 Å². The van der Waals surface area contributed by atoms with Crippen molar-refractivity contribution >= 4 is 11.9 Å². The van der Waals surface area contributed by atoms with Crippen molar-refractivity contribution in [3.8, 4) is 0 Å². The number of ether oxygens (including phenoxy) is 1. The van der Waals surface area contributed by atoms with Gasteiger partial charge in [-0.15, -0.1) is 10.2 Å². The second-order valence-corrected chi connectivity index (χ2v) is 5.70. The fraction of sp³-hybridized carbons (Fsp3) is 0.750. The molecule has 1 aromatic rings. The van der Waals surface area contributed by atoms with E-state index in [-0.39, 0.29) is 12.5 Å². The van der Waals surface area contributed by atoms with E-state index in [4.69, 9.17) is 4.74 Å². The summed E-state index contributed by atoms with van der Waals surface area (Å²) >= 11 is 0. The maximum atomic E-state index is 12.3. The predicted molar refractivity (Wildman–Crippen MR) is 97.3 cm³/mol. The van der Waals surface area contributed by atoms with Gasteiger partial charge in [-0.05, 0) is 20.8 Å². The van der Waals surface area contributed by atoms with E-state index in [0.29, 0.717) is 38.7 Å². The molecule has 0 aromatic carbocycles. The van der Waals surface area contributed by atoms with Crippen molar-refractivity contribution in [2.24, 2.45) is 12.0 Å². The molecule has 25 heavy (non-hydrogen) atoms. The normalized spacial score (nSPS) is 11.5. The molecule has 0 spiro atoms. The maximum absolute atomic E-state index is 12.3. The number of aromatic nitrogens is 3. The number of methoxy groups -OCH3 is 1. The molecule has 0 atom stereocenters. The summed E-state index contributed by atoms with van der Waals surface area (Å²) in [6.07, 6.45) is 0. The Kier molecular flexibility index (Phi) is 8.90.